The third kappa shape index (κ3) is 3.28. The highest BCUT2D eigenvalue weighted by molar-refractivity contribution is 7.12. The minimum atomic E-state index is 0.00227. The lowest BCUT2D eigenvalue weighted by molar-refractivity contribution is 0.0723. The predicted molar refractivity (Wildman–Crippen MR) is 88.2 cm³/mol. The van der Waals surface area contributed by atoms with Crippen LogP contribution in [0.4, 0.5) is 0 Å². The molecule has 0 atom stereocenters. The molecule has 0 bridgehead atoms. The summed E-state index contributed by atoms with van der Waals surface area (Å²) in [7, 11) is 0. The lowest BCUT2D eigenvalue weighted by atomic mass is 10.3. The first-order valence-corrected chi connectivity index (χ1v) is 8.60. The van der Waals surface area contributed by atoms with E-state index >= 15 is 0 Å². The van der Waals surface area contributed by atoms with Crippen LogP contribution in [-0.4, -0.2) is 15.8 Å². The van der Waals surface area contributed by atoms with Crippen LogP contribution in [0, 0.1) is 13.8 Å². The van der Waals surface area contributed by atoms with Crippen LogP contribution in [0.2, 0.25) is 0 Å². The first-order valence-electron chi connectivity index (χ1n) is 6.90. The van der Waals surface area contributed by atoms with Crippen molar-refractivity contribution in [3.63, 3.8) is 0 Å². The summed E-state index contributed by atoms with van der Waals surface area (Å²) >= 11 is 3.10. The second-order valence-electron chi connectivity index (χ2n) is 5.02. The average Bonchev–Trinajstić information content (AvgIpc) is 3.21. The Morgan fingerprint density at radius 1 is 1.27 bits per heavy atom. The number of aryl methyl sites for hydroxylation is 2. The van der Waals surface area contributed by atoms with Gasteiger partial charge in [0.05, 0.1) is 30.6 Å². The van der Waals surface area contributed by atoms with Gasteiger partial charge in [0.1, 0.15) is 10.6 Å². The predicted octanol–water partition coefficient (Wildman–Crippen LogP) is 4.26. The summed E-state index contributed by atoms with van der Waals surface area (Å²) in [5.41, 5.74) is 2.49. The van der Waals surface area contributed by atoms with Crippen molar-refractivity contribution in [1.29, 1.82) is 0 Å². The molecule has 0 aromatic carbocycles. The number of amides is 1. The number of furan rings is 1. The first kappa shape index (κ1) is 15.0. The zero-order valence-electron chi connectivity index (χ0n) is 12.4. The van der Waals surface area contributed by atoms with Gasteiger partial charge in [0.2, 0.25) is 0 Å². The normalized spacial score (nSPS) is 10.8. The second-order valence-corrected chi connectivity index (χ2v) is 7.25. The van der Waals surface area contributed by atoms with Crippen molar-refractivity contribution in [2.24, 2.45) is 0 Å². The molecule has 0 aliphatic heterocycles. The van der Waals surface area contributed by atoms with Gasteiger partial charge in [0.25, 0.3) is 5.91 Å². The lowest BCUT2D eigenvalue weighted by Gasteiger charge is -2.20. The Hall–Kier alpha value is -1.92. The fourth-order valence-electron chi connectivity index (χ4n) is 2.20. The Labute approximate surface area is 137 Å². The third-order valence-corrected chi connectivity index (χ3v) is 5.20. The van der Waals surface area contributed by atoms with Crippen molar-refractivity contribution in [3.05, 3.63) is 62.1 Å². The van der Waals surface area contributed by atoms with E-state index in [-0.39, 0.29) is 5.91 Å². The minimum Gasteiger partial charge on any atom is -0.467 e. The summed E-state index contributed by atoms with van der Waals surface area (Å²) < 4.78 is 5.40. The number of aromatic nitrogens is 1. The zero-order chi connectivity index (χ0) is 15.5. The van der Waals surface area contributed by atoms with E-state index in [0.717, 1.165) is 11.5 Å². The summed E-state index contributed by atoms with van der Waals surface area (Å²) in [6.07, 6.45) is 1.63. The van der Waals surface area contributed by atoms with Crippen molar-refractivity contribution in [2.75, 3.05) is 0 Å². The molecule has 0 unspecified atom stereocenters. The maximum Gasteiger partial charge on any atom is 0.266 e. The smallest absolute Gasteiger partial charge is 0.266 e. The average molecular weight is 332 g/mol. The molecule has 4 nitrogen and oxygen atoms in total. The van der Waals surface area contributed by atoms with Gasteiger partial charge in [-0.25, -0.2) is 4.98 Å². The van der Waals surface area contributed by atoms with Crippen LogP contribution in [0.15, 0.2) is 40.5 Å². The molecule has 22 heavy (non-hydrogen) atoms. The number of hydrogen-bond acceptors (Lipinski definition) is 5. The molecule has 3 aromatic heterocycles. The van der Waals surface area contributed by atoms with Gasteiger partial charge in [0, 0.05) is 9.75 Å². The highest BCUT2D eigenvalue weighted by atomic mass is 32.1. The molecule has 3 heterocycles. The summed E-state index contributed by atoms with van der Waals surface area (Å²) in [6.45, 7) is 4.97. The van der Waals surface area contributed by atoms with Crippen molar-refractivity contribution in [1.82, 2.24) is 9.88 Å². The highest BCUT2D eigenvalue weighted by Gasteiger charge is 2.21. The van der Waals surface area contributed by atoms with E-state index < -0.39 is 0 Å². The minimum absolute atomic E-state index is 0.00227. The first-order chi connectivity index (χ1) is 10.6. The van der Waals surface area contributed by atoms with E-state index in [2.05, 4.69) is 24.0 Å². The Balaban J connectivity index is 1.85. The number of carbonyl (C=O) groups excluding carboxylic acids is 1. The van der Waals surface area contributed by atoms with Crippen molar-refractivity contribution >= 4 is 28.6 Å². The summed E-state index contributed by atoms with van der Waals surface area (Å²) in [5.74, 6) is 0.784. The van der Waals surface area contributed by atoms with Crippen LogP contribution in [-0.2, 0) is 13.1 Å². The van der Waals surface area contributed by atoms with E-state index in [0.29, 0.717) is 18.0 Å². The van der Waals surface area contributed by atoms with Crippen LogP contribution in [0.5, 0.6) is 0 Å². The molecule has 114 valence electrons. The maximum atomic E-state index is 12.8. The van der Waals surface area contributed by atoms with Crippen LogP contribution >= 0.6 is 22.7 Å². The van der Waals surface area contributed by atoms with Gasteiger partial charge in [-0.3, -0.25) is 4.79 Å². The number of rotatable bonds is 5. The highest BCUT2D eigenvalue weighted by Crippen LogP contribution is 2.22. The Morgan fingerprint density at radius 2 is 2.14 bits per heavy atom. The van der Waals surface area contributed by atoms with Gasteiger partial charge in [0.15, 0.2) is 0 Å². The molecular weight excluding hydrogens is 316 g/mol. The van der Waals surface area contributed by atoms with E-state index in [9.17, 15) is 4.79 Å². The molecule has 0 spiro atoms. The summed E-state index contributed by atoms with van der Waals surface area (Å²) in [4.78, 5) is 21.9. The van der Waals surface area contributed by atoms with Gasteiger partial charge in [-0.15, -0.1) is 22.7 Å². The van der Waals surface area contributed by atoms with E-state index in [1.807, 2.05) is 24.0 Å². The Morgan fingerprint density at radius 3 is 2.73 bits per heavy atom. The van der Waals surface area contributed by atoms with E-state index in [1.165, 1.54) is 21.1 Å². The molecule has 3 rings (SSSR count). The molecule has 0 saturated carbocycles. The van der Waals surface area contributed by atoms with Crippen LogP contribution in [0.1, 0.15) is 30.9 Å². The quantitative estimate of drug-likeness (QED) is 0.701. The van der Waals surface area contributed by atoms with Crippen molar-refractivity contribution in [3.8, 4) is 0 Å². The molecule has 0 aliphatic carbocycles. The molecule has 0 aliphatic rings. The van der Waals surface area contributed by atoms with Gasteiger partial charge in [-0.05, 0) is 38.1 Å². The SMILES string of the molecule is Cc1ccc(CN(Cc2ccco2)C(=O)c2scnc2C)s1. The summed E-state index contributed by atoms with van der Waals surface area (Å²) in [6, 6.07) is 7.88. The van der Waals surface area contributed by atoms with Crippen molar-refractivity contribution < 1.29 is 9.21 Å². The molecule has 1 amide bonds. The van der Waals surface area contributed by atoms with Gasteiger partial charge in [-0.1, -0.05) is 0 Å². The van der Waals surface area contributed by atoms with Crippen LogP contribution in [0.3, 0.4) is 0 Å². The number of nitrogens with zero attached hydrogens (tertiary/aromatic N) is 2. The molecular formula is C16H16N2O2S2. The van der Waals surface area contributed by atoms with Gasteiger partial charge < -0.3 is 9.32 Å². The summed E-state index contributed by atoms with van der Waals surface area (Å²) in [5, 5.41) is 0. The maximum absolute atomic E-state index is 12.8. The third-order valence-electron chi connectivity index (χ3n) is 3.30. The topological polar surface area (TPSA) is 46.3 Å². The number of hydrogen-bond donors (Lipinski definition) is 0. The zero-order valence-corrected chi connectivity index (χ0v) is 14.0. The molecule has 3 aromatic rings. The fraction of sp³-hybridized carbons (Fsp3) is 0.250. The Kier molecular flexibility index (Phi) is 4.40. The second kappa shape index (κ2) is 6.46. The Bertz CT molecular complexity index is 759. The monoisotopic (exact) mass is 332 g/mol. The van der Waals surface area contributed by atoms with Crippen LogP contribution in [0.25, 0.3) is 0 Å². The molecule has 0 N–H and O–H groups in total. The van der Waals surface area contributed by atoms with Crippen LogP contribution < -0.4 is 0 Å². The number of thiazole rings is 1. The molecule has 0 fully saturated rings. The fourth-order valence-corrected chi connectivity index (χ4v) is 3.87. The molecule has 0 saturated heterocycles. The molecule has 6 heteroatoms. The number of carbonyl (C=O) groups is 1. The molecule has 0 radical (unpaired) electrons. The lowest BCUT2D eigenvalue weighted by Crippen LogP contribution is -2.29. The largest absolute Gasteiger partial charge is 0.467 e. The van der Waals surface area contributed by atoms with Gasteiger partial charge in [-0.2, -0.15) is 0 Å². The standard InChI is InChI=1S/C16H16N2O2S2/c1-11-5-6-14(22-11)9-18(8-13-4-3-7-20-13)16(19)15-12(2)17-10-21-15/h3-7,10H,8-9H2,1-2H3. The van der Waals surface area contributed by atoms with E-state index in [1.54, 1.807) is 23.1 Å². The number of thiophene rings is 1. The van der Waals surface area contributed by atoms with Gasteiger partial charge >= 0.3 is 0 Å². The van der Waals surface area contributed by atoms with E-state index in [4.69, 9.17) is 4.42 Å². The van der Waals surface area contributed by atoms with Crippen molar-refractivity contribution in [2.45, 2.75) is 26.9 Å².